The Morgan fingerprint density at radius 1 is 1.47 bits per heavy atom. The summed E-state index contributed by atoms with van der Waals surface area (Å²) in [4.78, 5) is 11.2. The van der Waals surface area contributed by atoms with E-state index in [9.17, 15) is 4.79 Å². The zero-order chi connectivity index (χ0) is 11.8. The second-order valence-electron chi connectivity index (χ2n) is 4.49. The molecule has 17 heavy (non-hydrogen) atoms. The van der Waals surface area contributed by atoms with Crippen molar-refractivity contribution in [2.45, 2.75) is 39.0 Å². The Morgan fingerprint density at radius 2 is 2.35 bits per heavy atom. The first-order valence-corrected chi connectivity index (χ1v) is 6.00. The topological polar surface area (TPSA) is 68.2 Å². The van der Waals surface area contributed by atoms with Gasteiger partial charge < -0.3 is 10.1 Å². The third-order valence-electron chi connectivity index (χ3n) is 3.36. The van der Waals surface area contributed by atoms with Crippen LogP contribution in [-0.4, -0.2) is 22.4 Å². The van der Waals surface area contributed by atoms with Crippen molar-refractivity contribution in [3.63, 3.8) is 0 Å². The largest absolute Gasteiger partial charge is 0.357 e. The van der Waals surface area contributed by atoms with Crippen LogP contribution in [0.15, 0.2) is 0 Å². The molecule has 0 bridgehead atoms. The van der Waals surface area contributed by atoms with Gasteiger partial charge in [-0.2, -0.15) is 5.10 Å². The normalized spacial score (nSPS) is 23.8. The molecule has 1 fully saturated rings. The van der Waals surface area contributed by atoms with E-state index in [-0.39, 0.29) is 12.3 Å². The van der Waals surface area contributed by atoms with Crippen LogP contribution in [-0.2, 0) is 11.3 Å². The Morgan fingerprint density at radius 3 is 3.12 bits per heavy atom. The van der Waals surface area contributed by atoms with Crippen LogP contribution in [0.3, 0.4) is 0 Å². The third kappa shape index (κ3) is 1.78. The summed E-state index contributed by atoms with van der Waals surface area (Å²) in [5.41, 5.74) is 2.12. The van der Waals surface area contributed by atoms with Crippen LogP contribution in [0.4, 0.5) is 10.6 Å². The standard InChI is InChI=1S/C11H16N4O2/c1-7-8-6-12-11(16)13-10(8)14-15(7)9-4-2-3-5-17-9/h9H,2-6H2,1H3,(H2,12,13,14,16). The fourth-order valence-corrected chi connectivity index (χ4v) is 2.38. The number of urea groups is 1. The minimum absolute atomic E-state index is 0.0197. The van der Waals surface area contributed by atoms with Crippen LogP contribution in [0.5, 0.6) is 0 Å². The Balaban J connectivity index is 1.92. The minimum Gasteiger partial charge on any atom is -0.357 e. The van der Waals surface area contributed by atoms with Gasteiger partial charge >= 0.3 is 6.03 Å². The van der Waals surface area contributed by atoms with Crippen LogP contribution in [0, 0.1) is 6.92 Å². The highest BCUT2D eigenvalue weighted by Crippen LogP contribution is 2.28. The number of nitrogens with one attached hydrogen (secondary N) is 2. The van der Waals surface area contributed by atoms with Gasteiger partial charge in [0, 0.05) is 17.9 Å². The zero-order valence-electron chi connectivity index (χ0n) is 9.82. The second-order valence-corrected chi connectivity index (χ2v) is 4.49. The van der Waals surface area contributed by atoms with Crippen LogP contribution < -0.4 is 10.6 Å². The van der Waals surface area contributed by atoms with Gasteiger partial charge in [0.15, 0.2) is 12.0 Å². The molecule has 0 aliphatic carbocycles. The van der Waals surface area contributed by atoms with Crippen molar-refractivity contribution in [2.24, 2.45) is 0 Å². The summed E-state index contributed by atoms with van der Waals surface area (Å²) >= 11 is 0. The van der Waals surface area contributed by atoms with Crippen molar-refractivity contribution in [1.29, 1.82) is 0 Å². The van der Waals surface area contributed by atoms with Gasteiger partial charge in [0.05, 0.1) is 6.54 Å². The van der Waals surface area contributed by atoms with E-state index in [4.69, 9.17) is 4.74 Å². The zero-order valence-corrected chi connectivity index (χ0v) is 9.82. The molecule has 0 saturated carbocycles. The van der Waals surface area contributed by atoms with Crippen LogP contribution in [0.25, 0.3) is 0 Å². The van der Waals surface area contributed by atoms with E-state index in [1.807, 2.05) is 11.6 Å². The lowest BCUT2D eigenvalue weighted by atomic mass is 10.1. The molecule has 92 valence electrons. The number of carbonyl (C=O) groups excluding carboxylic acids is 1. The molecule has 3 heterocycles. The Labute approximate surface area is 99.3 Å². The van der Waals surface area contributed by atoms with E-state index in [1.165, 1.54) is 6.42 Å². The summed E-state index contributed by atoms with van der Waals surface area (Å²) in [5.74, 6) is 0.667. The number of nitrogens with zero attached hydrogens (tertiary/aromatic N) is 2. The smallest absolute Gasteiger partial charge is 0.320 e. The van der Waals surface area contributed by atoms with Gasteiger partial charge in [-0.1, -0.05) is 0 Å². The molecule has 6 nitrogen and oxygen atoms in total. The molecule has 1 aromatic rings. The molecule has 6 heteroatoms. The van der Waals surface area contributed by atoms with Crippen molar-refractivity contribution in [2.75, 3.05) is 11.9 Å². The number of hydrogen-bond acceptors (Lipinski definition) is 3. The molecular formula is C11H16N4O2. The molecule has 1 atom stereocenters. The third-order valence-corrected chi connectivity index (χ3v) is 3.36. The molecule has 2 amide bonds. The maximum atomic E-state index is 11.2. The molecule has 0 radical (unpaired) electrons. The molecule has 1 saturated heterocycles. The number of hydrogen-bond donors (Lipinski definition) is 2. The fourth-order valence-electron chi connectivity index (χ4n) is 2.38. The van der Waals surface area contributed by atoms with E-state index in [1.54, 1.807) is 0 Å². The Kier molecular flexibility index (Phi) is 2.51. The molecule has 1 unspecified atom stereocenters. The molecule has 2 aliphatic heterocycles. The van der Waals surface area contributed by atoms with Crippen LogP contribution in [0.1, 0.15) is 36.7 Å². The highest BCUT2D eigenvalue weighted by atomic mass is 16.5. The number of ether oxygens (including phenoxy) is 1. The fraction of sp³-hybridized carbons (Fsp3) is 0.636. The van der Waals surface area contributed by atoms with Gasteiger partial charge in [-0.25, -0.2) is 9.48 Å². The number of fused-ring (bicyclic) bond motifs is 1. The van der Waals surface area contributed by atoms with Crippen molar-refractivity contribution in [3.05, 3.63) is 11.3 Å². The molecule has 0 aromatic carbocycles. The van der Waals surface area contributed by atoms with E-state index < -0.39 is 0 Å². The van der Waals surface area contributed by atoms with Crippen LogP contribution in [0.2, 0.25) is 0 Å². The van der Waals surface area contributed by atoms with Gasteiger partial charge in [-0.15, -0.1) is 0 Å². The first kappa shape index (κ1) is 10.6. The lowest BCUT2D eigenvalue weighted by Gasteiger charge is -2.23. The molecule has 3 rings (SSSR count). The molecule has 2 N–H and O–H groups in total. The number of carbonyl (C=O) groups is 1. The van der Waals surface area contributed by atoms with Gasteiger partial charge in [-0.05, 0) is 26.2 Å². The van der Waals surface area contributed by atoms with E-state index >= 15 is 0 Å². The highest BCUT2D eigenvalue weighted by molar-refractivity contribution is 5.91. The van der Waals surface area contributed by atoms with Gasteiger partial charge in [-0.3, -0.25) is 5.32 Å². The van der Waals surface area contributed by atoms with Gasteiger partial charge in [0.2, 0.25) is 0 Å². The first-order chi connectivity index (χ1) is 8.25. The number of anilines is 1. The van der Waals surface area contributed by atoms with E-state index in [0.717, 1.165) is 30.7 Å². The van der Waals surface area contributed by atoms with E-state index in [2.05, 4.69) is 15.7 Å². The summed E-state index contributed by atoms with van der Waals surface area (Å²) < 4.78 is 7.62. The number of aromatic nitrogens is 2. The molecular weight excluding hydrogens is 220 g/mol. The van der Waals surface area contributed by atoms with Gasteiger partial charge in [0.1, 0.15) is 0 Å². The lowest BCUT2D eigenvalue weighted by molar-refractivity contribution is -0.0405. The molecule has 1 aromatic heterocycles. The Hall–Kier alpha value is -1.56. The number of amides is 2. The summed E-state index contributed by atoms with van der Waals surface area (Å²) in [6.07, 6.45) is 3.29. The SMILES string of the molecule is Cc1c2c(nn1C1CCCCO1)NC(=O)NC2. The average molecular weight is 236 g/mol. The maximum Gasteiger partial charge on any atom is 0.320 e. The Bertz CT molecular complexity index is 449. The second kappa shape index (κ2) is 4.03. The van der Waals surface area contributed by atoms with Crippen molar-refractivity contribution in [1.82, 2.24) is 15.1 Å². The minimum atomic E-state index is -0.188. The predicted molar refractivity (Wildman–Crippen MR) is 61.7 cm³/mol. The highest BCUT2D eigenvalue weighted by Gasteiger charge is 2.25. The summed E-state index contributed by atoms with van der Waals surface area (Å²) in [7, 11) is 0. The summed E-state index contributed by atoms with van der Waals surface area (Å²) in [6.45, 7) is 3.35. The van der Waals surface area contributed by atoms with Crippen molar-refractivity contribution in [3.8, 4) is 0 Å². The maximum absolute atomic E-state index is 11.2. The van der Waals surface area contributed by atoms with Crippen molar-refractivity contribution >= 4 is 11.8 Å². The number of rotatable bonds is 1. The summed E-state index contributed by atoms with van der Waals surface area (Å²) in [6, 6.07) is -0.188. The van der Waals surface area contributed by atoms with Gasteiger partial charge in [0.25, 0.3) is 0 Å². The average Bonchev–Trinajstić information content (AvgIpc) is 2.67. The van der Waals surface area contributed by atoms with Crippen LogP contribution >= 0.6 is 0 Å². The molecule has 0 spiro atoms. The first-order valence-electron chi connectivity index (χ1n) is 6.00. The predicted octanol–water partition coefficient (Wildman–Crippen LogP) is 1.53. The quantitative estimate of drug-likeness (QED) is 0.777. The van der Waals surface area contributed by atoms with E-state index in [0.29, 0.717) is 12.4 Å². The van der Waals surface area contributed by atoms with Crippen molar-refractivity contribution < 1.29 is 9.53 Å². The summed E-state index contributed by atoms with van der Waals surface area (Å²) in [5, 5.41) is 9.92. The lowest BCUT2D eigenvalue weighted by Crippen LogP contribution is -2.33. The molecule has 2 aliphatic rings. The monoisotopic (exact) mass is 236 g/mol.